The number of ether oxygens (including phenoxy) is 1. The van der Waals surface area contributed by atoms with Crippen molar-refractivity contribution in [3.05, 3.63) is 54.6 Å². The van der Waals surface area contributed by atoms with Gasteiger partial charge < -0.3 is 15.8 Å². The molecule has 0 aliphatic heterocycles. The fourth-order valence-electron chi connectivity index (χ4n) is 1.36. The maximum absolute atomic E-state index is 6.03. The van der Waals surface area contributed by atoms with Gasteiger partial charge in [0.1, 0.15) is 5.75 Å². The van der Waals surface area contributed by atoms with Gasteiger partial charge in [-0.3, -0.25) is 0 Å². The van der Waals surface area contributed by atoms with E-state index in [1.165, 1.54) is 0 Å². The van der Waals surface area contributed by atoms with Crippen molar-refractivity contribution in [3.63, 3.8) is 0 Å². The van der Waals surface area contributed by atoms with Crippen molar-refractivity contribution < 1.29 is 4.74 Å². The highest BCUT2D eigenvalue weighted by molar-refractivity contribution is 6.20. The van der Waals surface area contributed by atoms with Crippen molar-refractivity contribution in [1.82, 2.24) is 0 Å². The van der Waals surface area contributed by atoms with Crippen LogP contribution < -0.4 is 15.8 Å². The quantitative estimate of drug-likeness (QED) is 0.378. The third-order valence-electron chi connectivity index (χ3n) is 2.17. The van der Waals surface area contributed by atoms with Gasteiger partial charge >= 0.3 is 0 Å². The molecule has 4 heteroatoms. The SMILES string of the molecule is Nc1ccc(OC(Cl)Nc2ccccc2)cc1. The lowest BCUT2D eigenvalue weighted by Gasteiger charge is -2.15. The van der Waals surface area contributed by atoms with Crippen molar-refractivity contribution in [1.29, 1.82) is 0 Å². The Labute approximate surface area is 105 Å². The highest BCUT2D eigenvalue weighted by Crippen LogP contribution is 2.17. The third kappa shape index (κ3) is 3.57. The number of nitrogen functional groups attached to an aromatic ring is 1. The summed E-state index contributed by atoms with van der Waals surface area (Å²) < 4.78 is 5.47. The summed E-state index contributed by atoms with van der Waals surface area (Å²) in [6.45, 7) is 0. The molecule has 0 saturated heterocycles. The molecule has 1 atom stereocenters. The summed E-state index contributed by atoms with van der Waals surface area (Å²) in [6.07, 6.45) is 0. The molecule has 0 aromatic heterocycles. The predicted molar refractivity (Wildman–Crippen MR) is 71.2 cm³/mol. The minimum Gasteiger partial charge on any atom is -0.457 e. The van der Waals surface area contributed by atoms with Crippen LogP contribution in [0.3, 0.4) is 0 Å². The third-order valence-corrected chi connectivity index (χ3v) is 2.37. The van der Waals surface area contributed by atoms with Crippen molar-refractivity contribution in [3.8, 4) is 5.75 Å². The average molecular weight is 249 g/mol. The van der Waals surface area contributed by atoms with Gasteiger partial charge in [0.15, 0.2) is 0 Å². The lowest BCUT2D eigenvalue weighted by atomic mass is 10.3. The van der Waals surface area contributed by atoms with Gasteiger partial charge in [-0.1, -0.05) is 29.8 Å². The van der Waals surface area contributed by atoms with E-state index in [0.29, 0.717) is 11.4 Å². The standard InChI is InChI=1S/C13H13ClN2O/c14-13(16-11-4-2-1-3-5-11)17-12-8-6-10(15)7-9-12/h1-9,13,16H,15H2. The molecule has 0 aliphatic rings. The molecule has 0 radical (unpaired) electrons. The Morgan fingerprint density at radius 3 is 2.29 bits per heavy atom. The molecule has 2 aromatic carbocycles. The minimum atomic E-state index is -0.624. The zero-order chi connectivity index (χ0) is 12.1. The first-order valence-corrected chi connectivity index (χ1v) is 5.65. The predicted octanol–water partition coefficient (Wildman–Crippen LogP) is 3.28. The van der Waals surface area contributed by atoms with Crippen LogP contribution >= 0.6 is 11.6 Å². The van der Waals surface area contributed by atoms with E-state index in [0.717, 1.165) is 5.69 Å². The molecule has 2 aromatic rings. The monoisotopic (exact) mass is 248 g/mol. The van der Waals surface area contributed by atoms with E-state index >= 15 is 0 Å². The Morgan fingerprint density at radius 2 is 1.65 bits per heavy atom. The number of rotatable bonds is 4. The molecular weight excluding hydrogens is 236 g/mol. The Kier molecular flexibility index (Phi) is 3.73. The van der Waals surface area contributed by atoms with Gasteiger partial charge in [0.2, 0.25) is 5.69 Å². The fraction of sp³-hybridized carbons (Fsp3) is 0.0769. The minimum absolute atomic E-state index is 0.624. The second-order valence-electron chi connectivity index (χ2n) is 3.51. The fourth-order valence-corrected chi connectivity index (χ4v) is 1.59. The highest BCUT2D eigenvalue weighted by atomic mass is 35.5. The van der Waals surface area contributed by atoms with Gasteiger partial charge in [0, 0.05) is 11.4 Å². The Balaban J connectivity index is 1.93. The van der Waals surface area contributed by atoms with E-state index in [1.807, 2.05) is 30.3 Å². The van der Waals surface area contributed by atoms with Crippen LogP contribution in [0.15, 0.2) is 54.6 Å². The molecule has 2 rings (SSSR count). The summed E-state index contributed by atoms with van der Waals surface area (Å²) in [7, 11) is 0. The van der Waals surface area contributed by atoms with Crippen molar-refractivity contribution in [2.75, 3.05) is 11.1 Å². The smallest absolute Gasteiger partial charge is 0.247 e. The molecule has 0 heterocycles. The van der Waals surface area contributed by atoms with Gasteiger partial charge in [-0.15, -0.1) is 0 Å². The summed E-state index contributed by atoms with van der Waals surface area (Å²) in [6, 6.07) is 16.7. The first-order valence-electron chi connectivity index (χ1n) is 5.22. The number of hydrogen-bond acceptors (Lipinski definition) is 3. The van der Waals surface area contributed by atoms with Crippen LogP contribution in [-0.2, 0) is 0 Å². The topological polar surface area (TPSA) is 47.3 Å². The molecule has 17 heavy (non-hydrogen) atoms. The zero-order valence-electron chi connectivity index (χ0n) is 9.14. The number of nitrogens with two attached hydrogens (primary N) is 1. The van der Waals surface area contributed by atoms with Gasteiger partial charge in [0.25, 0.3) is 0 Å². The summed E-state index contributed by atoms with van der Waals surface area (Å²) >= 11 is 6.03. The summed E-state index contributed by atoms with van der Waals surface area (Å²) in [5.41, 5.74) is 6.55. The van der Waals surface area contributed by atoms with Gasteiger partial charge in [-0.05, 0) is 36.4 Å². The Bertz CT molecular complexity index is 459. The molecule has 1 unspecified atom stereocenters. The lowest BCUT2D eigenvalue weighted by Crippen LogP contribution is -2.19. The molecular formula is C13H13ClN2O. The van der Waals surface area contributed by atoms with Crippen LogP contribution in [0.25, 0.3) is 0 Å². The average Bonchev–Trinajstić information content (AvgIpc) is 2.33. The normalized spacial score (nSPS) is 11.8. The molecule has 0 amide bonds. The second-order valence-corrected chi connectivity index (χ2v) is 3.91. The Morgan fingerprint density at radius 1 is 1.00 bits per heavy atom. The molecule has 0 fully saturated rings. The number of benzene rings is 2. The number of halogens is 1. The molecule has 0 bridgehead atoms. The van der Waals surface area contributed by atoms with Crippen LogP contribution in [0, 0.1) is 0 Å². The number of alkyl halides is 1. The zero-order valence-corrected chi connectivity index (χ0v) is 9.89. The van der Waals surface area contributed by atoms with Crippen LogP contribution in [0.5, 0.6) is 5.75 Å². The Hall–Kier alpha value is -1.87. The first-order chi connectivity index (χ1) is 8.24. The molecule has 88 valence electrons. The van der Waals surface area contributed by atoms with Crippen LogP contribution in [0.2, 0.25) is 0 Å². The van der Waals surface area contributed by atoms with E-state index in [4.69, 9.17) is 22.1 Å². The summed E-state index contributed by atoms with van der Waals surface area (Å²) in [5, 5.41) is 3.02. The maximum atomic E-state index is 6.03. The van der Waals surface area contributed by atoms with Crippen molar-refractivity contribution >= 4 is 23.0 Å². The first kappa shape index (κ1) is 11.6. The summed E-state index contributed by atoms with van der Waals surface area (Å²) in [5.74, 6) is 0.669. The second kappa shape index (κ2) is 5.46. The van der Waals surface area contributed by atoms with E-state index in [1.54, 1.807) is 24.3 Å². The lowest BCUT2D eigenvalue weighted by molar-refractivity contribution is 0.308. The van der Waals surface area contributed by atoms with Crippen molar-refractivity contribution in [2.45, 2.75) is 5.69 Å². The van der Waals surface area contributed by atoms with E-state index in [-0.39, 0.29) is 0 Å². The highest BCUT2D eigenvalue weighted by Gasteiger charge is 2.05. The molecule has 3 N–H and O–H groups in total. The van der Waals surface area contributed by atoms with Crippen LogP contribution in [0.4, 0.5) is 11.4 Å². The maximum Gasteiger partial charge on any atom is 0.247 e. The van der Waals surface area contributed by atoms with Crippen LogP contribution in [0.1, 0.15) is 0 Å². The number of nitrogens with one attached hydrogen (secondary N) is 1. The molecule has 0 aliphatic carbocycles. The largest absolute Gasteiger partial charge is 0.457 e. The molecule has 0 spiro atoms. The van der Waals surface area contributed by atoms with Crippen molar-refractivity contribution in [2.24, 2.45) is 0 Å². The number of para-hydroxylation sites is 1. The van der Waals surface area contributed by atoms with Crippen LogP contribution in [-0.4, -0.2) is 5.69 Å². The molecule has 0 saturated carbocycles. The van der Waals surface area contributed by atoms with E-state index in [9.17, 15) is 0 Å². The van der Waals surface area contributed by atoms with Gasteiger partial charge in [0.05, 0.1) is 0 Å². The number of hydrogen-bond donors (Lipinski definition) is 2. The number of anilines is 2. The molecule has 3 nitrogen and oxygen atoms in total. The van der Waals surface area contributed by atoms with E-state index in [2.05, 4.69) is 5.32 Å². The van der Waals surface area contributed by atoms with E-state index < -0.39 is 5.69 Å². The van der Waals surface area contributed by atoms with Gasteiger partial charge in [-0.2, -0.15) is 0 Å². The van der Waals surface area contributed by atoms with Gasteiger partial charge in [-0.25, -0.2) is 0 Å². The summed E-state index contributed by atoms with van der Waals surface area (Å²) in [4.78, 5) is 0.